The van der Waals surface area contributed by atoms with Crippen LogP contribution in [0.1, 0.15) is 27.4 Å². The number of carbonyl (C=O) groups excluding carboxylic acids is 1. The normalized spacial score (nSPS) is 14.4. The van der Waals surface area contributed by atoms with Crippen molar-refractivity contribution in [2.24, 2.45) is 5.73 Å². The predicted molar refractivity (Wildman–Crippen MR) is 123 cm³/mol. The molecule has 8 heteroatoms. The number of methoxy groups -OCH3 is 3. The van der Waals surface area contributed by atoms with Crippen molar-refractivity contribution in [3.05, 3.63) is 88.8 Å². The third-order valence-corrected chi connectivity index (χ3v) is 5.45. The molecule has 3 aromatic carbocycles. The van der Waals surface area contributed by atoms with E-state index in [2.05, 4.69) is 6.07 Å². The molecule has 1 atom stereocenters. The number of ether oxygens (including phenoxy) is 5. The Hall–Kier alpha value is -4.64. The Kier molecular flexibility index (Phi) is 6.28. The lowest BCUT2D eigenvalue weighted by Gasteiger charge is -2.27. The van der Waals surface area contributed by atoms with E-state index in [0.717, 1.165) is 5.56 Å². The first kappa shape index (κ1) is 22.6. The fourth-order valence-electron chi connectivity index (χ4n) is 3.79. The van der Waals surface area contributed by atoms with Gasteiger partial charge in [-0.3, -0.25) is 0 Å². The Morgan fingerprint density at radius 2 is 1.74 bits per heavy atom. The number of fused-ring (bicyclic) bond motifs is 1. The quantitative estimate of drug-likeness (QED) is 0.433. The summed E-state index contributed by atoms with van der Waals surface area (Å²) in [5.74, 6) is 1.21. The summed E-state index contributed by atoms with van der Waals surface area (Å²) in [5, 5.41) is 9.78. The number of nitrogens with two attached hydrogens (primary N) is 1. The highest BCUT2D eigenvalue weighted by Crippen LogP contribution is 2.45. The van der Waals surface area contributed by atoms with Crippen LogP contribution in [0.3, 0.4) is 0 Å². The van der Waals surface area contributed by atoms with Gasteiger partial charge in [0.25, 0.3) is 0 Å². The minimum absolute atomic E-state index is 0.0222. The van der Waals surface area contributed by atoms with Crippen LogP contribution >= 0.6 is 0 Å². The van der Waals surface area contributed by atoms with E-state index in [0.29, 0.717) is 34.1 Å². The van der Waals surface area contributed by atoms with Crippen molar-refractivity contribution in [3.63, 3.8) is 0 Å². The van der Waals surface area contributed by atoms with Crippen LogP contribution in [-0.2, 0) is 0 Å². The Balaban J connectivity index is 1.70. The van der Waals surface area contributed by atoms with Crippen LogP contribution in [-0.4, -0.2) is 27.3 Å². The molecule has 0 unspecified atom stereocenters. The molecule has 34 heavy (non-hydrogen) atoms. The SMILES string of the molecule is COc1cccc(C(=O)Oc2ccc3c(c2)OC(N)=C(C#N)[C@H]3c2ccc(OC)c(OC)c2)c1. The molecule has 172 valence electrons. The molecule has 0 saturated heterocycles. The molecule has 0 bridgehead atoms. The molecule has 8 nitrogen and oxygen atoms in total. The van der Waals surface area contributed by atoms with Crippen molar-refractivity contribution in [2.75, 3.05) is 21.3 Å². The number of esters is 1. The van der Waals surface area contributed by atoms with Gasteiger partial charge < -0.3 is 29.4 Å². The molecule has 0 aliphatic carbocycles. The minimum atomic E-state index is -0.549. The molecule has 3 aromatic rings. The highest BCUT2D eigenvalue weighted by molar-refractivity contribution is 5.91. The molecule has 0 spiro atoms. The van der Waals surface area contributed by atoms with Crippen molar-refractivity contribution in [2.45, 2.75) is 5.92 Å². The van der Waals surface area contributed by atoms with Gasteiger partial charge in [-0.15, -0.1) is 0 Å². The van der Waals surface area contributed by atoms with E-state index in [1.54, 1.807) is 61.7 Å². The molecule has 0 amide bonds. The summed E-state index contributed by atoms with van der Waals surface area (Å²) in [6.07, 6.45) is 0. The predicted octanol–water partition coefficient (Wildman–Crippen LogP) is 4.15. The lowest BCUT2D eigenvalue weighted by atomic mass is 9.83. The number of carbonyl (C=O) groups is 1. The van der Waals surface area contributed by atoms with Gasteiger partial charge in [0.15, 0.2) is 11.5 Å². The number of allylic oxidation sites excluding steroid dienone is 1. The van der Waals surface area contributed by atoms with E-state index in [9.17, 15) is 10.1 Å². The van der Waals surface area contributed by atoms with Crippen LogP contribution in [0.4, 0.5) is 0 Å². The summed E-state index contributed by atoms with van der Waals surface area (Å²) in [7, 11) is 4.61. The van der Waals surface area contributed by atoms with Gasteiger partial charge in [0.1, 0.15) is 28.9 Å². The maximum Gasteiger partial charge on any atom is 0.343 e. The van der Waals surface area contributed by atoms with Crippen LogP contribution in [0.2, 0.25) is 0 Å². The summed E-state index contributed by atoms with van der Waals surface area (Å²) in [4.78, 5) is 12.6. The number of nitrogens with zero attached hydrogens (tertiary/aromatic N) is 1. The van der Waals surface area contributed by atoms with Crippen LogP contribution in [0.15, 0.2) is 72.1 Å². The zero-order valence-corrected chi connectivity index (χ0v) is 18.8. The van der Waals surface area contributed by atoms with Gasteiger partial charge in [-0.05, 0) is 42.0 Å². The highest BCUT2D eigenvalue weighted by Gasteiger charge is 2.31. The number of hydrogen-bond donors (Lipinski definition) is 1. The number of rotatable bonds is 6. The number of nitriles is 1. The van der Waals surface area contributed by atoms with Gasteiger partial charge in [0.2, 0.25) is 5.88 Å². The molecule has 2 N–H and O–H groups in total. The van der Waals surface area contributed by atoms with Gasteiger partial charge in [-0.25, -0.2) is 4.79 Å². The lowest BCUT2D eigenvalue weighted by Crippen LogP contribution is -2.21. The standard InChI is InChI=1S/C26H22N2O6/c1-30-17-6-4-5-16(11-17)26(29)33-18-8-9-19-22(13-18)34-25(28)20(14-27)24(19)15-7-10-21(31-2)23(12-15)32-3/h4-13,24H,28H2,1-3H3/t24-/m0/s1. The largest absolute Gasteiger partial charge is 0.497 e. The van der Waals surface area contributed by atoms with E-state index < -0.39 is 11.9 Å². The van der Waals surface area contributed by atoms with Crippen molar-refractivity contribution in [1.29, 1.82) is 5.26 Å². The Morgan fingerprint density at radius 1 is 0.941 bits per heavy atom. The van der Waals surface area contributed by atoms with Crippen LogP contribution in [0.5, 0.6) is 28.7 Å². The number of benzene rings is 3. The third-order valence-electron chi connectivity index (χ3n) is 5.45. The van der Waals surface area contributed by atoms with E-state index in [1.165, 1.54) is 14.2 Å². The Morgan fingerprint density at radius 3 is 2.44 bits per heavy atom. The highest BCUT2D eigenvalue weighted by atomic mass is 16.5. The summed E-state index contributed by atoms with van der Waals surface area (Å²) in [5.41, 5.74) is 8.16. The van der Waals surface area contributed by atoms with E-state index in [4.69, 9.17) is 29.4 Å². The van der Waals surface area contributed by atoms with E-state index in [-0.39, 0.29) is 17.2 Å². The van der Waals surface area contributed by atoms with Crippen LogP contribution < -0.4 is 29.4 Å². The van der Waals surface area contributed by atoms with E-state index in [1.807, 2.05) is 6.07 Å². The van der Waals surface area contributed by atoms with Gasteiger partial charge in [0, 0.05) is 11.6 Å². The van der Waals surface area contributed by atoms with Gasteiger partial charge in [0.05, 0.1) is 32.8 Å². The minimum Gasteiger partial charge on any atom is -0.497 e. The van der Waals surface area contributed by atoms with Crippen molar-refractivity contribution >= 4 is 5.97 Å². The smallest absolute Gasteiger partial charge is 0.343 e. The molecule has 0 aromatic heterocycles. The first-order valence-electron chi connectivity index (χ1n) is 10.3. The van der Waals surface area contributed by atoms with Gasteiger partial charge >= 0.3 is 5.97 Å². The van der Waals surface area contributed by atoms with Gasteiger partial charge in [-0.1, -0.05) is 18.2 Å². The summed E-state index contributed by atoms with van der Waals surface area (Å²) < 4.78 is 27.1. The van der Waals surface area contributed by atoms with Crippen molar-refractivity contribution in [1.82, 2.24) is 0 Å². The average molecular weight is 458 g/mol. The molecule has 1 aliphatic rings. The Bertz CT molecular complexity index is 1330. The Labute approximate surface area is 196 Å². The molecule has 4 rings (SSSR count). The molecule has 1 aliphatic heterocycles. The third kappa shape index (κ3) is 4.19. The molecule has 0 radical (unpaired) electrons. The second-order valence-electron chi connectivity index (χ2n) is 7.36. The van der Waals surface area contributed by atoms with E-state index >= 15 is 0 Å². The molecular weight excluding hydrogens is 436 g/mol. The molecule has 1 heterocycles. The summed E-state index contributed by atoms with van der Waals surface area (Å²) in [6, 6.07) is 19.2. The second kappa shape index (κ2) is 9.46. The average Bonchev–Trinajstić information content (AvgIpc) is 2.87. The summed E-state index contributed by atoms with van der Waals surface area (Å²) >= 11 is 0. The fourth-order valence-corrected chi connectivity index (χ4v) is 3.79. The molecular formula is C26H22N2O6. The maximum atomic E-state index is 12.6. The molecule has 0 fully saturated rings. The maximum absolute atomic E-state index is 12.6. The zero-order valence-electron chi connectivity index (χ0n) is 18.8. The topological polar surface area (TPSA) is 113 Å². The van der Waals surface area contributed by atoms with Crippen molar-refractivity contribution in [3.8, 4) is 34.8 Å². The zero-order chi connectivity index (χ0) is 24.2. The first-order chi connectivity index (χ1) is 16.5. The summed E-state index contributed by atoms with van der Waals surface area (Å²) in [6.45, 7) is 0. The number of hydrogen-bond acceptors (Lipinski definition) is 8. The van der Waals surface area contributed by atoms with Gasteiger partial charge in [-0.2, -0.15) is 5.26 Å². The van der Waals surface area contributed by atoms with Crippen LogP contribution in [0.25, 0.3) is 0 Å². The second-order valence-corrected chi connectivity index (χ2v) is 7.36. The van der Waals surface area contributed by atoms with Crippen molar-refractivity contribution < 1.29 is 28.5 Å². The molecule has 0 saturated carbocycles. The monoisotopic (exact) mass is 458 g/mol. The fraction of sp³-hybridized carbons (Fsp3) is 0.154. The first-order valence-corrected chi connectivity index (χ1v) is 10.3. The van der Waals surface area contributed by atoms with Crippen LogP contribution in [0, 0.1) is 11.3 Å². The lowest BCUT2D eigenvalue weighted by molar-refractivity contribution is 0.0734.